The molecule has 33 heavy (non-hydrogen) atoms. The molecule has 2 aliphatic rings. The fourth-order valence-corrected chi connectivity index (χ4v) is 6.17. The van der Waals surface area contributed by atoms with Crippen molar-refractivity contribution in [2.75, 3.05) is 18.4 Å². The first-order chi connectivity index (χ1) is 15.8. The first-order valence-electron chi connectivity index (χ1n) is 11.9. The highest BCUT2D eigenvalue weighted by Gasteiger charge is 2.32. The summed E-state index contributed by atoms with van der Waals surface area (Å²) in [6.07, 6.45) is 6.35. The molecule has 1 aliphatic carbocycles. The molecule has 0 aromatic heterocycles. The number of nitrogens with two attached hydrogens (primary N) is 1. The zero-order valence-corrected chi connectivity index (χ0v) is 21.3. The van der Waals surface area contributed by atoms with Crippen molar-refractivity contribution in [3.05, 3.63) is 62.6 Å². The van der Waals surface area contributed by atoms with E-state index in [1.54, 1.807) is 6.07 Å². The molecule has 0 bridgehead atoms. The zero-order valence-electron chi connectivity index (χ0n) is 19.0. The SMILES string of the molecule is C[C@@H](Nc1cc(C2CCN(C3CCC[C@@H](C(N)=O)C3)CC2)ccc1Cl)c1ccc(Cl)cc1Cl. The standard InChI is InChI=1S/C26H32Cl3N3O/c1-16(22-7-6-20(27)15-24(22)29)31-25-14-18(5-8-23(25)28)17-9-11-32(12-10-17)21-4-2-3-19(13-21)26(30)33/h5-8,14-17,19,21,31H,2-4,9-13H2,1H3,(H2,30,33)/t16-,19-,21?/m1/s1. The number of rotatable bonds is 6. The number of halogens is 3. The maximum atomic E-state index is 11.7. The lowest BCUT2D eigenvalue weighted by Crippen LogP contribution is -2.45. The maximum Gasteiger partial charge on any atom is 0.220 e. The number of anilines is 1. The minimum absolute atomic E-state index is 0.00568. The van der Waals surface area contributed by atoms with Gasteiger partial charge >= 0.3 is 0 Å². The highest BCUT2D eigenvalue weighted by Crippen LogP contribution is 2.37. The van der Waals surface area contributed by atoms with Crippen LogP contribution >= 0.6 is 34.8 Å². The molecule has 178 valence electrons. The van der Waals surface area contributed by atoms with Crippen LogP contribution in [0.3, 0.4) is 0 Å². The molecule has 1 saturated carbocycles. The highest BCUT2D eigenvalue weighted by atomic mass is 35.5. The van der Waals surface area contributed by atoms with E-state index < -0.39 is 0 Å². The van der Waals surface area contributed by atoms with Crippen LogP contribution in [0.15, 0.2) is 36.4 Å². The molecule has 1 amide bonds. The van der Waals surface area contributed by atoms with Gasteiger partial charge in [-0.1, -0.05) is 53.4 Å². The molecule has 2 fully saturated rings. The summed E-state index contributed by atoms with van der Waals surface area (Å²) >= 11 is 19.0. The smallest absolute Gasteiger partial charge is 0.220 e. The molecule has 1 saturated heterocycles. The summed E-state index contributed by atoms with van der Waals surface area (Å²) in [5.41, 5.74) is 8.80. The molecule has 3 atom stereocenters. The van der Waals surface area contributed by atoms with Crippen molar-refractivity contribution in [1.82, 2.24) is 4.90 Å². The Labute approximate surface area is 211 Å². The number of carbonyl (C=O) groups excluding carboxylic acids is 1. The number of hydrogen-bond donors (Lipinski definition) is 2. The van der Waals surface area contributed by atoms with Crippen LogP contribution in [0.1, 0.15) is 68.5 Å². The summed E-state index contributed by atoms with van der Waals surface area (Å²) in [6.45, 7) is 4.19. The first-order valence-corrected chi connectivity index (χ1v) is 13.0. The topological polar surface area (TPSA) is 58.4 Å². The van der Waals surface area contributed by atoms with Gasteiger partial charge in [-0.3, -0.25) is 4.79 Å². The van der Waals surface area contributed by atoms with Gasteiger partial charge in [0.1, 0.15) is 0 Å². The van der Waals surface area contributed by atoms with Crippen molar-refractivity contribution in [3.8, 4) is 0 Å². The van der Waals surface area contributed by atoms with Crippen LogP contribution < -0.4 is 11.1 Å². The number of carbonyl (C=O) groups is 1. The third-order valence-electron chi connectivity index (χ3n) is 7.36. The largest absolute Gasteiger partial charge is 0.377 e. The molecule has 0 spiro atoms. The summed E-state index contributed by atoms with van der Waals surface area (Å²) < 4.78 is 0. The van der Waals surface area contributed by atoms with Gasteiger partial charge in [-0.05, 0) is 93.4 Å². The predicted octanol–water partition coefficient (Wildman–Crippen LogP) is 7.04. The van der Waals surface area contributed by atoms with E-state index in [0.717, 1.165) is 56.4 Å². The van der Waals surface area contributed by atoms with Crippen LogP contribution in [0.2, 0.25) is 15.1 Å². The lowest BCUT2D eigenvalue weighted by atomic mass is 9.82. The number of amides is 1. The second-order valence-electron chi connectivity index (χ2n) is 9.50. The quantitative estimate of drug-likeness (QED) is 0.440. The van der Waals surface area contributed by atoms with Crippen molar-refractivity contribution in [2.24, 2.45) is 11.7 Å². The van der Waals surface area contributed by atoms with Gasteiger partial charge < -0.3 is 16.0 Å². The Morgan fingerprint density at radius 1 is 1.03 bits per heavy atom. The van der Waals surface area contributed by atoms with Crippen molar-refractivity contribution in [1.29, 1.82) is 0 Å². The molecular formula is C26H32Cl3N3O. The number of likely N-dealkylation sites (tertiary alicyclic amines) is 1. The van der Waals surface area contributed by atoms with E-state index >= 15 is 0 Å². The minimum atomic E-state index is -0.134. The van der Waals surface area contributed by atoms with E-state index in [-0.39, 0.29) is 17.9 Å². The van der Waals surface area contributed by atoms with E-state index in [4.69, 9.17) is 40.5 Å². The molecule has 2 aromatic rings. The minimum Gasteiger partial charge on any atom is -0.377 e. The van der Waals surface area contributed by atoms with Crippen LogP contribution in [0.5, 0.6) is 0 Å². The summed E-state index contributed by atoms with van der Waals surface area (Å²) in [6, 6.07) is 12.4. The molecule has 0 radical (unpaired) electrons. The first kappa shape index (κ1) is 24.7. The van der Waals surface area contributed by atoms with Gasteiger partial charge in [0.25, 0.3) is 0 Å². The lowest BCUT2D eigenvalue weighted by Gasteiger charge is -2.41. The molecule has 1 unspecified atom stereocenters. The highest BCUT2D eigenvalue weighted by molar-refractivity contribution is 6.35. The Balaban J connectivity index is 1.39. The zero-order chi connectivity index (χ0) is 23.5. The van der Waals surface area contributed by atoms with Crippen molar-refractivity contribution in [3.63, 3.8) is 0 Å². The van der Waals surface area contributed by atoms with E-state index in [9.17, 15) is 4.79 Å². The summed E-state index contributed by atoms with van der Waals surface area (Å²) in [5, 5.41) is 5.50. The molecular weight excluding hydrogens is 477 g/mol. The van der Waals surface area contributed by atoms with E-state index in [2.05, 4.69) is 29.3 Å². The number of nitrogens with one attached hydrogen (secondary N) is 1. The summed E-state index contributed by atoms with van der Waals surface area (Å²) in [7, 11) is 0. The number of nitrogens with zero attached hydrogens (tertiary/aromatic N) is 1. The number of primary amides is 1. The molecule has 4 rings (SSSR count). The molecule has 3 N–H and O–H groups in total. The van der Waals surface area contributed by atoms with Gasteiger partial charge in [0.2, 0.25) is 5.91 Å². The fourth-order valence-electron chi connectivity index (χ4n) is 5.42. The summed E-state index contributed by atoms with van der Waals surface area (Å²) in [4.78, 5) is 14.2. The van der Waals surface area contributed by atoms with E-state index in [1.807, 2.05) is 18.2 Å². The average Bonchev–Trinajstić information content (AvgIpc) is 2.80. The van der Waals surface area contributed by atoms with Crippen LogP contribution in [0.25, 0.3) is 0 Å². The summed E-state index contributed by atoms with van der Waals surface area (Å²) in [5.74, 6) is 0.413. The number of hydrogen-bond acceptors (Lipinski definition) is 3. The lowest BCUT2D eigenvalue weighted by molar-refractivity contribution is -0.123. The van der Waals surface area contributed by atoms with Crippen molar-refractivity contribution >= 4 is 46.4 Å². The van der Waals surface area contributed by atoms with Crippen LogP contribution in [0, 0.1) is 5.92 Å². The average molecular weight is 509 g/mol. The Bertz CT molecular complexity index is 991. The number of piperidine rings is 1. The molecule has 1 aliphatic heterocycles. The molecule has 4 nitrogen and oxygen atoms in total. The normalized spacial score (nSPS) is 23.3. The van der Waals surface area contributed by atoms with Crippen LogP contribution in [-0.4, -0.2) is 29.9 Å². The van der Waals surface area contributed by atoms with E-state index in [1.165, 1.54) is 12.0 Å². The molecule has 2 aromatic carbocycles. The Morgan fingerprint density at radius 3 is 2.48 bits per heavy atom. The second-order valence-corrected chi connectivity index (χ2v) is 10.8. The van der Waals surface area contributed by atoms with E-state index in [0.29, 0.717) is 27.0 Å². The van der Waals surface area contributed by atoms with Crippen LogP contribution in [-0.2, 0) is 4.79 Å². The number of benzene rings is 2. The Hall–Kier alpha value is -1.46. The third-order valence-corrected chi connectivity index (χ3v) is 8.25. The maximum absolute atomic E-state index is 11.7. The van der Waals surface area contributed by atoms with Gasteiger partial charge in [0, 0.05) is 22.0 Å². The Kier molecular flexibility index (Phi) is 8.11. The second kappa shape index (κ2) is 10.9. The molecule has 1 heterocycles. The van der Waals surface area contributed by atoms with Crippen molar-refractivity contribution < 1.29 is 4.79 Å². The predicted molar refractivity (Wildman–Crippen MR) is 138 cm³/mol. The Morgan fingerprint density at radius 2 is 1.79 bits per heavy atom. The third kappa shape index (κ3) is 5.97. The van der Waals surface area contributed by atoms with Gasteiger partial charge in [0.05, 0.1) is 16.8 Å². The van der Waals surface area contributed by atoms with Crippen LogP contribution in [0.4, 0.5) is 5.69 Å². The van der Waals surface area contributed by atoms with Gasteiger partial charge in [-0.15, -0.1) is 0 Å². The molecule has 7 heteroatoms. The van der Waals surface area contributed by atoms with Gasteiger partial charge in [0.15, 0.2) is 0 Å². The van der Waals surface area contributed by atoms with Crippen molar-refractivity contribution in [2.45, 2.75) is 63.5 Å². The van der Waals surface area contributed by atoms with Gasteiger partial charge in [-0.2, -0.15) is 0 Å². The monoisotopic (exact) mass is 507 g/mol. The van der Waals surface area contributed by atoms with Gasteiger partial charge in [-0.25, -0.2) is 0 Å². The fraction of sp³-hybridized carbons (Fsp3) is 0.500.